The SMILES string of the molecule is COc1ccc(Br)c(NC(C)c2ccc(N(C)C)cc2)c1. The van der Waals surface area contributed by atoms with Gasteiger partial charge in [-0.1, -0.05) is 12.1 Å². The van der Waals surface area contributed by atoms with Gasteiger partial charge in [0.05, 0.1) is 12.8 Å². The summed E-state index contributed by atoms with van der Waals surface area (Å²) in [5, 5.41) is 3.51. The molecule has 0 amide bonds. The quantitative estimate of drug-likeness (QED) is 0.847. The first-order valence-corrected chi connectivity index (χ1v) is 7.68. The van der Waals surface area contributed by atoms with Crippen molar-refractivity contribution in [3.8, 4) is 5.75 Å². The van der Waals surface area contributed by atoms with Crippen LogP contribution in [0.15, 0.2) is 46.9 Å². The number of anilines is 2. The lowest BCUT2D eigenvalue weighted by Gasteiger charge is -2.19. The van der Waals surface area contributed by atoms with Crippen molar-refractivity contribution >= 4 is 27.3 Å². The molecule has 1 unspecified atom stereocenters. The minimum Gasteiger partial charge on any atom is -0.497 e. The van der Waals surface area contributed by atoms with E-state index < -0.39 is 0 Å². The third-order valence-electron chi connectivity index (χ3n) is 3.46. The van der Waals surface area contributed by atoms with Gasteiger partial charge in [0.15, 0.2) is 0 Å². The van der Waals surface area contributed by atoms with E-state index in [1.165, 1.54) is 11.3 Å². The van der Waals surface area contributed by atoms with Crippen LogP contribution in [0.25, 0.3) is 0 Å². The Morgan fingerprint density at radius 3 is 2.33 bits per heavy atom. The number of nitrogens with zero attached hydrogens (tertiary/aromatic N) is 1. The summed E-state index contributed by atoms with van der Waals surface area (Å²) in [6.07, 6.45) is 0. The van der Waals surface area contributed by atoms with Gasteiger partial charge in [0, 0.05) is 36.4 Å². The molecule has 0 aliphatic rings. The van der Waals surface area contributed by atoms with E-state index in [1.807, 2.05) is 32.3 Å². The summed E-state index contributed by atoms with van der Waals surface area (Å²) in [7, 11) is 5.77. The lowest BCUT2D eigenvalue weighted by molar-refractivity contribution is 0.415. The molecule has 0 bridgehead atoms. The van der Waals surface area contributed by atoms with Crippen molar-refractivity contribution in [2.75, 3.05) is 31.4 Å². The average molecular weight is 349 g/mol. The van der Waals surface area contributed by atoms with Gasteiger partial charge in [0.25, 0.3) is 0 Å². The third-order valence-corrected chi connectivity index (χ3v) is 4.15. The molecule has 0 aliphatic heterocycles. The number of nitrogens with one attached hydrogen (secondary N) is 1. The molecular formula is C17H21BrN2O. The largest absolute Gasteiger partial charge is 0.497 e. The zero-order valence-corrected chi connectivity index (χ0v) is 14.4. The summed E-state index contributed by atoms with van der Waals surface area (Å²) in [6, 6.07) is 14.7. The molecule has 21 heavy (non-hydrogen) atoms. The third kappa shape index (κ3) is 3.91. The summed E-state index contributed by atoms with van der Waals surface area (Å²) in [5.74, 6) is 0.843. The average Bonchev–Trinajstić information content (AvgIpc) is 2.49. The molecule has 2 aromatic carbocycles. The molecule has 0 aliphatic carbocycles. The number of hydrogen-bond donors (Lipinski definition) is 1. The number of ether oxygens (including phenoxy) is 1. The minimum atomic E-state index is 0.213. The first-order chi connectivity index (χ1) is 10.0. The molecular weight excluding hydrogens is 328 g/mol. The smallest absolute Gasteiger partial charge is 0.121 e. The molecule has 2 rings (SSSR count). The lowest BCUT2D eigenvalue weighted by atomic mass is 10.1. The minimum absolute atomic E-state index is 0.213. The number of hydrogen-bond acceptors (Lipinski definition) is 3. The Bertz CT molecular complexity index is 596. The van der Waals surface area contributed by atoms with Crippen LogP contribution < -0.4 is 15.0 Å². The van der Waals surface area contributed by atoms with Crippen LogP contribution >= 0.6 is 15.9 Å². The summed E-state index contributed by atoms with van der Waals surface area (Å²) >= 11 is 3.57. The Balaban J connectivity index is 2.15. The second-order valence-electron chi connectivity index (χ2n) is 5.20. The van der Waals surface area contributed by atoms with Crippen LogP contribution in [0.2, 0.25) is 0 Å². The standard InChI is InChI=1S/C17H21BrN2O/c1-12(13-5-7-14(8-6-13)20(2)3)19-17-11-15(21-4)9-10-16(17)18/h5-12,19H,1-4H3. The van der Waals surface area contributed by atoms with Gasteiger partial charge in [-0.25, -0.2) is 0 Å². The highest BCUT2D eigenvalue weighted by Gasteiger charge is 2.09. The van der Waals surface area contributed by atoms with Gasteiger partial charge >= 0.3 is 0 Å². The second kappa shape index (κ2) is 6.85. The zero-order chi connectivity index (χ0) is 15.4. The highest BCUT2D eigenvalue weighted by atomic mass is 79.9. The van der Waals surface area contributed by atoms with Crippen molar-refractivity contribution < 1.29 is 4.74 Å². The predicted octanol–water partition coefficient (Wildman–Crippen LogP) is 4.70. The van der Waals surface area contributed by atoms with E-state index >= 15 is 0 Å². The summed E-state index contributed by atoms with van der Waals surface area (Å²) in [6.45, 7) is 2.15. The molecule has 0 saturated carbocycles. The van der Waals surface area contributed by atoms with Crippen molar-refractivity contribution in [3.63, 3.8) is 0 Å². The number of benzene rings is 2. The molecule has 0 fully saturated rings. The monoisotopic (exact) mass is 348 g/mol. The Hall–Kier alpha value is -1.68. The molecule has 112 valence electrons. The summed E-state index contributed by atoms with van der Waals surface area (Å²) in [4.78, 5) is 2.10. The van der Waals surface area contributed by atoms with Gasteiger partial charge in [-0.3, -0.25) is 0 Å². The number of methoxy groups -OCH3 is 1. The molecule has 0 radical (unpaired) electrons. The van der Waals surface area contributed by atoms with E-state index in [0.29, 0.717) is 0 Å². The first kappa shape index (κ1) is 15.7. The van der Waals surface area contributed by atoms with Crippen molar-refractivity contribution in [3.05, 3.63) is 52.5 Å². The van der Waals surface area contributed by atoms with Crippen molar-refractivity contribution in [1.29, 1.82) is 0 Å². The molecule has 0 heterocycles. The molecule has 1 N–H and O–H groups in total. The van der Waals surface area contributed by atoms with E-state index in [-0.39, 0.29) is 6.04 Å². The normalized spacial score (nSPS) is 11.9. The van der Waals surface area contributed by atoms with Crippen molar-refractivity contribution in [2.24, 2.45) is 0 Å². The van der Waals surface area contributed by atoms with E-state index in [4.69, 9.17) is 4.74 Å². The fourth-order valence-electron chi connectivity index (χ4n) is 2.12. The molecule has 4 heteroatoms. The van der Waals surface area contributed by atoms with E-state index in [9.17, 15) is 0 Å². The maximum atomic E-state index is 5.27. The van der Waals surface area contributed by atoms with Gasteiger partial charge < -0.3 is 15.0 Å². The summed E-state index contributed by atoms with van der Waals surface area (Å²) in [5.41, 5.74) is 3.47. The molecule has 0 saturated heterocycles. The Morgan fingerprint density at radius 1 is 1.10 bits per heavy atom. The second-order valence-corrected chi connectivity index (χ2v) is 6.05. The maximum Gasteiger partial charge on any atom is 0.121 e. The van der Waals surface area contributed by atoms with Gasteiger partial charge in [0.2, 0.25) is 0 Å². The Labute approximate surface area is 135 Å². The molecule has 0 aromatic heterocycles. The highest BCUT2D eigenvalue weighted by molar-refractivity contribution is 9.10. The highest BCUT2D eigenvalue weighted by Crippen LogP contribution is 2.30. The molecule has 3 nitrogen and oxygen atoms in total. The maximum absolute atomic E-state index is 5.27. The lowest BCUT2D eigenvalue weighted by Crippen LogP contribution is -2.10. The van der Waals surface area contributed by atoms with E-state index in [2.05, 4.69) is 57.3 Å². The predicted molar refractivity (Wildman–Crippen MR) is 93.5 cm³/mol. The van der Waals surface area contributed by atoms with Crippen LogP contribution in [0.4, 0.5) is 11.4 Å². The van der Waals surface area contributed by atoms with Crippen molar-refractivity contribution in [1.82, 2.24) is 0 Å². The zero-order valence-electron chi connectivity index (χ0n) is 12.9. The van der Waals surface area contributed by atoms with Gasteiger partial charge in [-0.15, -0.1) is 0 Å². The van der Waals surface area contributed by atoms with E-state index in [0.717, 1.165) is 15.9 Å². The van der Waals surface area contributed by atoms with Crippen LogP contribution in [-0.2, 0) is 0 Å². The van der Waals surface area contributed by atoms with Crippen LogP contribution in [-0.4, -0.2) is 21.2 Å². The summed E-state index contributed by atoms with van der Waals surface area (Å²) < 4.78 is 6.30. The van der Waals surface area contributed by atoms with Gasteiger partial charge in [-0.2, -0.15) is 0 Å². The van der Waals surface area contributed by atoms with Crippen LogP contribution in [0.3, 0.4) is 0 Å². The Kier molecular flexibility index (Phi) is 5.12. The van der Waals surface area contributed by atoms with E-state index in [1.54, 1.807) is 7.11 Å². The van der Waals surface area contributed by atoms with Crippen molar-refractivity contribution in [2.45, 2.75) is 13.0 Å². The first-order valence-electron chi connectivity index (χ1n) is 6.88. The van der Waals surface area contributed by atoms with Crippen LogP contribution in [0.1, 0.15) is 18.5 Å². The Morgan fingerprint density at radius 2 is 1.76 bits per heavy atom. The molecule has 2 aromatic rings. The van der Waals surface area contributed by atoms with Gasteiger partial charge in [-0.05, 0) is 52.7 Å². The molecule has 1 atom stereocenters. The van der Waals surface area contributed by atoms with Gasteiger partial charge in [0.1, 0.15) is 5.75 Å². The number of rotatable bonds is 5. The fraction of sp³-hybridized carbons (Fsp3) is 0.294. The topological polar surface area (TPSA) is 24.5 Å². The van der Waals surface area contributed by atoms with Crippen LogP contribution in [0.5, 0.6) is 5.75 Å². The molecule has 0 spiro atoms. The van der Waals surface area contributed by atoms with Crippen LogP contribution in [0, 0.1) is 0 Å². The number of halogens is 1. The fourth-order valence-corrected chi connectivity index (χ4v) is 2.48.